The number of ether oxygens (including phenoxy) is 1. The number of halogens is 1. The lowest BCUT2D eigenvalue weighted by Crippen LogP contribution is -2.26. The maximum absolute atomic E-state index is 14.2. The predicted molar refractivity (Wildman–Crippen MR) is 83.2 cm³/mol. The van der Waals surface area contributed by atoms with Crippen molar-refractivity contribution in [1.82, 2.24) is 0 Å². The first kappa shape index (κ1) is 16.3. The summed E-state index contributed by atoms with van der Waals surface area (Å²) >= 11 is 0. The molecule has 22 heavy (non-hydrogen) atoms. The Bertz CT molecular complexity index is 590. The Morgan fingerprint density at radius 3 is 2.77 bits per heavy atom. The number of rotatable bonds is 7. The summed E-state index contributed by atoms with van der Waals surface area (Å²) in [5.41, 5.74) is 1.38. The molecule has 0 bridgehead atoms. The lowest BCUT2D eigenvalue weighted by molar-refractivity contribution is -0.107. The Morgan fingerprint density at radius 2 is 2.14 bits per heavy atom. The highest BCUT2D eigenvalue weighted by atomic mass is 19.2. The van der Waals surface area contributed by atoms with Gasteiger partial charge in [-0.15, -0.1) is 0 Å². The standard InChI is InChI=1S/C18H19FO3/c19-18(22-14-4-13-20)11-9-15(10-12-18)7-8-17(21)16-5-2-1-3-6-16/h1-3,5-11,20H,4,12-14H2. The van der Waals surface area contributed by atoms with Crippen LogP contribution < -0.4 is 0 Å². The lowest BCUT2D eigenvalue weighted by Gasteiger charge is -2.23. The van der Waals surface area contributed by atoms with E-state index in [9.17, 15) is 9.18 Å². The number of benzene rings is 1. The molecule has 0 heterocycles. The van der Waals surface area contributed by atoms with Gasteiger partial charge in [-0.05, 0) is 24.1 Å². The van der Waals surface area contributed by atoms with Gasteiger partial charge in [-0.1, -0.05) is 48.6 Å². The van der Waals surface area contributed by atoms with Crippen LogP contribution in [0.2, 0.25) is 0 Å². The first-order valence-corrected chi connectivity index (χ1v) is 7.23. The highest BCUT2D eigenvalue weighted by Crippen LogP contribution is 2.27. The second-order valence-electron chi connectivity index (χ2n) is 5.02. The molecule has 0 amide bonds. The SMILES string of the molecule is O=C(C=CC1=CCC(F)(OCCCO)C=C1)c1ccccc1. The Hall–Kier alpha value is -2.04. The fourth-order valence-corrected chi connectivity index (χ4v) is 2.02. The summed E-state index contributed by atoms with van der Waals surface area (Å²) in [6.07, 6.45) is 8.26. The highest BCUT2D eigenvalue weighted by Gasteiger charge is 2.27. The van der Waals surface area contributed by atoms with Gasteiger partial charge in [0.05, 0.1) is 6.61 Å². The molecular weight excluding hydrogens is 283 g/mol. The maximum atomic E-state index is 14.2. The third kappa shape index (κ3) is 4.76. The van der Waals surface area contributed by atoms with Crippen LogP contribution in [-0.2, 0) is 4.74 Å². The third-order valence-electron chi connectivity index (χ3n) is 3.27. The molecule has 2 rings (SSSR count). The van der Waals surface area contributed by atoms with Crippen molar-refractivity contribution in [2.75, 3.05) is 13.2 Å². The van der Waals surface area contributed by atoms with Gasteiger partial charge < -0.3 is 9.84 Å². The van der Waals surface area contributed by atoms with Crippen molar-refractivity contribution in [2.24, 2.45) is 0 Å². The molecule has 0 saturated carbocycles. The number of alkyl halides is 1. The van der Waals surface area contributed by atoms with Gasteiger partial charge in [0.2, 0.25) is 5.85 Å². The summed E-state index contributed by atoms with van der Waals surface area (Å²) < 4.78 is 19.3. The second kappa shape index (κ2) is 7.82. The number of ketones is 1. The van der Waals surface area contributed by atoms with Crippen LogP contribution in [0.4, 0.5) is 4.39 Å². The number of hydrogen-bond donors (Lipinski definition) is 1. The van der Waals surface area contributed by atoms with Crippen molar-refractivity contribution in [2.45, 2.75) is 18.7 Å². The molecule has 1 aromatic rings. The molecular formula is C18H19FO3. The molecule has 3 nitrogen and oxygen atoms in total. The number of hydrogen-bond acceptors (Lipinski definition) is 3. The molecule has 1 N–H and O–H groups in total. The van der Waals surface area contributed by atoms with E-state index in [0.717, 1.165) is 5.57 Å². The minimum atomic E-state index is -1.82. The van der Waals surface area contributed by atoms with Gasteiger partial charge in [-0.25, -0.2) is 4.39 Å². The topological polar surface area (TPSA) is 46.5 Å². The molecule has 116 valence electrons. The van der Waals surface area contributed by atoms with Crippen molar-refractivity contribution in [3.63, 3.8) is 0 Å². The Labute approximate surface area is 129 Å². The molecule has 1 aliphatic carbocycles. The van der Waals surface area contributed by atoms with Crippen LogP contribution in [0, 0.1) is 0 Å². The van der Waals surface area contributed by atoms with Gasteiger partial charge >= 0.3 is 0 Å². The largest absolute Gasteiger partial charge is 0.396 e. The summed E-state index contributed by atoms with van der Waals surface area (Å²) in [7, 11) is 0. The fraction of sp³-hybridized carbons (Fsp3) is 0.278. The minimum absolute atomic E-state index is 0.0226. The molecule has 1 aliphatic rings. The van der Waals surface area contributed by atoms with E-state index in [-0.39, 0.29) is 25.4 Å². The van der Waals surface area contributed by atoms with E-state index in [4.69, 9.17) is 9.84 Å². The third-order valence-corrected chi connectivity index (χ3v) is 3.27. The van der Waals surface area contributed by atoms with Gasteiger partial charge in [-0.3, -0.25) is 4.79 Å². The van der Waals surface area contributed by atoms with Crippen molar-refractivity contribution in [1.29, 1.82) is 0 Å². The minimum Gasteiger partial charge on any atom is -0.396 e. The van der Waals surface area contributed by atoms with Gasteiger partial charge in [0.1, 0.15) is 0 Å². The van der Waals surface area contributed by atoms with Crippen molar-refractivity contribution in [3.05, 3.63) is 71.8 Å². The van der Waals surface area contributed by atoms with Gasteiger partial charge in [0.15, 0.2) is 5.78 Å². The molecule has 1 atom stereocenters. The first-order chi connectivity index (χ1) is 10.6. The highest BCUT2D eigenvalue weighted by molar-refractivity contribution is 6.04. The van der Waals surface area contributed by atoms with Gasteiger partial charge in [0.25, 0.3) is 0 Å². The van der Waals surface area contributed by atoms with Crippen LogP contribution in [0.15, 0.2) is 66.3 Å². The molecule has 1 aromatic carbocycles. The Morgan fingerprint density at radius 1 is 1.36 bits per heavy atom. The van der Waals surface area contributed by atoms with E-state index >= 15 is 0 Å². The number of carbonyl (C=O) groups excluding carboxylic acids is 1. The molecule has 0 aliphatic heterocycles. The van der Waals surface area contributed by atoms with Crippen LogP contribution in [0.3, 0.4) is 0 Å². The zero-order chi connectivity index (χ0) is 15.8. The van der Waals surface area contributed by atoms with Crippen molar-refractivity contribution in [3.8, 4) is 0 Å². The van der Waals surface area contributed by atoms with E-state index < -0.39 is 5.85 Å². The van der Waals surface area contributed by atoms with Gasteiger partial charge in [-0.2, -0.15) is 0 Å². The number of carbonyl (C=O) groups is 1. The summed E-state index contributed by atoms with van der Waals surface area (Å²) in [4.78, 5) is 11.9. The smallest absolute Gasteiger partial charge is 0.232 e. The van der Waals surface area contributed by atoms with Crippen LogP contribution >= 0.6 is 0 Å². The van der Waals surface area contributed by atoms with Crippen LogP contribution in [-0.4, -0.2) is 30.0 Å². The van der Waals surface area contributed by atoms with E-state index in [1.807, 2.05) is 18.2 Å². The summed E-state index contributed by atoms with van der Waals surface area (Å²) in [6, 6.07) is 8.97. The van der Waals surface area contributed by atoms with E-state index in [0.29, 0.717) is 12.0 Å². The van der Waals surface area contributed by atoms with Gasteiger partial charge in [0, 0.05) is 18.6 Å². The quantitative estimate of drug-likeness (QED) is 0.477. The Balaban J connectivity index is 1.90. The normalized spacial score (nSPS) is 21.1. The maximum Gasteiger partial charge on any atom is 0.232 e. The number of aliphatic hydroxyl groups excluding tert-OH is 1. The lowest BCUT2D eigenvalue weighted by atomic mass is 10.0. The second-order valence-corrected chi connectivity index (χ2v) is 5.02. The Kier molecular flexibility index (Phi) is 5.81. The van der Waals surface area contributed by atoms with Crippen LogP contribution in [0.25, 0.3) is 0 Å². The van der Waals surface area contributed by atoms with E-state index in [1.165, 1.54) is 12.2 Å². The predicted octanol–water partition coefficient (Wildman–Crippen LogP) is 3.38. The fourth-order valence-electron chi connectivity index (χ4n) is 2.02. The molecule has 0 fully saturated rings. The molecule has 0 saturated heterocycles. The summed E-state index contributed by atoms with van der Waals surface area (Å²) in [6.45, 7) is 0.147. The zero-order valence-electron chi connectivity index (χ0n) is 12.2. The summed E-state index contributed by atoms with van der Waals surface area (Å²) in [5.74, 6) is -1.91. The zero-order valence-corrected chi connectivity index (χ0v) is 12.2. The molecule has 1 unspecified atom stereocenters. The molecule has 4 heteroatoms. The van der Waals surface area contributed by atoms with Crippen molar-refractivity contribution < 1.29 is 19.0 Å². The average molecular weight is 302 g/mol. The average Bonchev–Trinajstić information content (AvgIpc) is 2.55. The monoisotopic (exact) mass is 302 g/mol. The number of allylic oxidation sites excluding steroid dienone is 4. The van der Waals surface area contributed by atoms with E-state index in [2.05, 4.69) is 0 Å². The molecule has 0 radical (unpaired) electrons. The van der Waals surface area contributed by atoms with E-state index in [1.54, 1.807) is 30.4 Å². The first-order valence-electron chi connectivity index (χ1n) is 7.23. The van der Waals surface area contributed by atoms with Crippen LogP contribution in [0.1, 0.15) is 23.2 Å². The number of aliphatic hydroxyl groups is 1. The van der Waals surface area contributed by atoms with Crippen molar-refractivity contribution >= 4 is 5.78 Å². The van der Waals surface area contributed by atoms with Crippen LogP contribution in [0.5, 0.6) is 0 Å². The molecule has 0 aromatic heterocycles. The molecule has 0 spiro atoms. The summed E-state index contributed by atoms with van der Waals surface area (Å²) in [5, 5.41) is 8.66.